The van der Waals surface area contributed by atoms with Crippen molar-refractivity contribution in [3.05, 3.63) is 56.6 Å². The molecule has 2 aromatic rings. The number of aromatic hydroxyl groups is 1. The minimum Gasteiger partial charge on any atom is -0.504 e. The molecule has 0 amide bonds. The van der Waals surface area contributed by atoms with Gasteiger partial charge < -0.3 is 19.3 Å². The van der Waals surface area contributed by atoms with Gasteiger partial charge in [0.2, 0.25) is 0 Å². The second-order valence-electron chi connectivity index (χ2n) is 6.66. The number of ether oxygens (including phenoxy) is 3. The summed E-state index contributed by atoms with van der Waals surface area (Å²) in [6.07, 6.45) is 3.67. The van der Waals surface area contributed by atoms with Crippen molar-refractivity contribution in [3.8, 4) is 23.0 Å². The van der Waals surface area contributed by atoms with E-state index in [-0.39, 0.29) is 22.9 Å². The van der Waals surface area contributed by atoms with Crippen LogP contribution in [-0.2, 0) is 0 Å². The summed E-state index contributed by atoms with van der Waals surface area (Å²) in [6, 6.07) is 7.98. The fourth-order valence-electron chi connectivity index (χ4n) is 2.92. The Kier molecular flexibility index (Phi) is 8.82. The number of methoxy groups -OCH3 is 2. The third-order valence-corrected chi connectivity index (χ3v) is 4.58. The molecule has 1 heterocycles. The van der Waals surface area contributed by atoms with E-state index in [0.29, 0.717) is 18.2 Å². The molecule has 3 rings (SSSR count). The lowest BCUT2D eigenvalue weighted by molar-refractivity contribution is -0.385. The molecule has 1 aliphatic heterocycles. The van der Waals surface area contributed by atoms with E-state index in [0.717, 1.165) is 19.2 Å². The molecule has 1 saturated heterocycles. The van der Waals surface area contributed by atoms with Crippen LogP contribution >= 0.6 is 0 Å². The summed E-state index contributed by atoms with van der Waals surface area (Å²) >= 11 is 0. The Morgan fingerprint density at radius 1 is 0.871 bits per heavy atom. The van der Waals surface area contributed by atoms with Crippen molar-refractivity contribution in [3.63, 3.8) is 0 Å². The van der Waals surface area contributed by atoms with Crippen LogP contribution in [0.3, 0.4) is 0 Å². The van der Waals surface area contributed by atoms with Gasteiger partial charge in [0.05, 0.1) is 36.2 Å². The number of hydrogen-bond donors (Lipinski definition) is 1. The number of phenols is 1. The lowest BCUT2D eigenvalue weighted by atomic mass is 10.1. The zero-order chi connectivity index (χ0) is 22.8. The highest BCUT2D eigenvalue weighted by atomic mass is 16.6. The number of piperidine rings is 1. The fourth-order valence-corrected chi connectivity index (χ4v) is 2.92. The SMILES string of the molecule is COc1cc([N+](=O)[O-])ccc1O.COc1cc([N+](=O)[O-])ccc1OCN1CCCCC1. The molecule has 168 valence electrons. The van der Waals surface area contributed by atoms with Gasteiger partial charge >= 0.3 is 0 Å². The average Bonchev–Trinajstić information content (AvgIpc) is 2.78. The molecule has 1 aliphatic rings. The van der Waals surface area contributed by atoms with Crippen molar-refractivity contribution in [2.24, 2.45) is 0 Å². The standard InChI is InChI=1S/C13H18N2O4.C7H7NO4/c1-18-13-9-11(15(16)17)5-6-12(13)19-10-14-7-3-2-4-8-14;1-12-7-4-5(8(10)11)2-3-6(7)9/h5-6,9H,2-4,7-8,10H2,1H3;2-4,9H,1H3. The van der Waals surface area contributed by atoms with Gasteiger partial charge in [0, 0.05) is 25.2 Å². The number of hydrogen-bond acceptors (Lipinski definition) is 9. The fraction of sp³-hybridized carbons (Fsp3) is 0.400. The predicted molar refractivity (Wildman–Crippen MR) is 112 cm³/mol. The molecule has 0 spiro atoms. The van der Waals surface area contributed by atoms with E-state index in [1.165, 1.54) is 57.7 Å². The summed E-state index contributed by atoms with van der Waals surface area (Å²) in [6.45, 7) is 2.57. The van der Waals surface area contributed by atoms with Gasteiger partial charge in [0.15, 0.2) is 23.0 Å². The number of rotatable bonds is 7. The van der Waals surface area contributed by atoms with Crippen molar-refractivity contribution in [2.45, 2.75) is 19.3 Å². The molecule has 1 N–H and O–H groups in total. The highest BCUT2D eigenvalue weighted by Gasteiger charge is 2.15. The summed E-state index contributed by atoms with van der Waals surface area (Å²) in [5, 5.41) is 30.0. The maximum Gasteiger partial charge on any atom is 0.273 e. The van der Waals surface area contributed by atoms with Crippen molar-refractivity contribution >= 4 is 11.4 Å². The summed E-state index contributed by atoms with van der Waals surface area (Å²) in [4.78, 5) is 22.2. The third-order valence-electron chi connectivity index (χ3n) is 4.58. The van der Waals surface area contributed by atoms with Crippen LogP contribution in [0.25, 0.3) is 0 Å². The van der Waals surface area contributed by atoms with E-state index in [1.54, 1.807) is 6.07 Å². The monoisotopic (exact) mass is 435 g/mol. The molecule has 0 radical (unpaired) electrons. The first-order valence-electron chi connectivity index (χ1n) is 9.54. The molecule has 0 atom stereocenters. The van der Waals surface area contributed by atoms with Gasteiger partial charge in [0.1, 0.15) is 6.73 Å². The smallest absolute Gasteiger partial charge is 0.273 e. The van der Waals surface area contributed by atoms with Crippen molar-refractivity contribution < 1.29 is 29.2 Å². The van der Waals surface area contributed by atoms with Crippen LogP contribution < -0.4 is 14.2 Å². The second kappa shape index (κ2) is 11.6. The summed E-state index contributed by atoms with van der Waals surface area (Å²) < 4.78 is 15.5. The van der Waals surface area contributed by atoms with Crippen molar-refractivity contribution in [2.75, 3.05) is 34.0 Å². The predicted octanol–water partition coefficient (Wildman–Crippen LogP) is 3.73. The highest BCUT2D eigenvalue weighted by molar-refractivity contribution is 5.48. The van der Waals surface area contributed by atoms with Gasteiger partial charge in [-0.2, -0.15) is 0 Å². The Morgan fingerprint density at radius 2 is 1.42 bits per heavy atom. The van der Waals surface area contributed by atoms with E-state index in [9.17, 15) is 20.2 Å². The molecular formula is C20H25N3O8. The average molecular weight is 435 g/mol. The highest BCUT2D eigenvalue weighted by Crippen LogP contribution is 2.31. The number of nitrogens with zero attached hydrogens (tertiary/aromatic N) is 3. The largest absolute Gasteiger partial charge is 0.504 e. The van der Waals surface area contributed by atoms with Crippen LogP contribution in [0, 0.1) is 20.2 Å². The minimum absolute atomic E-state index is 0.00201. The van der Waals surface area contributed by atoms with Crippen LogP contribution in [0.4, 0.5) is 11.4 Å². The Balaban J connectivity index is 0.000000245. The zero-order valence-electron chi connectivity index (χ0n) is 17.4. The van der Waals surface area contributed by atoms with Crippen LogP contribution in [0.2, 0.25) is 0 Å². The number of non-ortho nitro benzene ring substituents is 2. The maximum absolute atomic E-state index is 10.7. The molecule has 1 fully saturated rings. The molecule has 0 bridgehead atoms. The van der Waals surface area contributed by atoms with Crippen LogP contribution in [0.1, 0.15) is 19.3 Å². The van der Waals surface area contributed by atoms with E-state index >= 15 is 0 Å². The molecule has 2 aromatic carbocycles. The van der Waals surface area contributed by atoms with Gasteiger partial charge in [-0.1, -0.05) is 6.42 Å². The first-order chi connectivity index (χ1) is 14.8. The third kappa shape index (κ3) is 7.00. The first kappa shape index (κ1) is 23.7. The van der Waals surface area contributed by atoms with Gasteiger partial charge in [0.25, 0.3) is 11.4 Å². The summed E-state index contributed by atoms with van der Waals surface area (Å²) in [7, 11) is 2.81. The summed E-state index contributed by atoms with van der Waals surface area (Å²) in [5.74, 6) is 0.928. The topological polar surface area (TPSA) is 137 Å². The number of likely N-dealkylation sites (tertiary alicyclic amines) is 1. The Bertz CT molecular complexity index is 900. The lowest BCUT2D eigenvalue weighted by Crippen LogP contribution is -2.33. The van der Waals surface area contributed by atoms with E-state index < -0.39 is 9.85 Å². The van der Waals surface area contributed by atoms with Crippen LogP contribution in [0.5, 0.6) is 23.0 Å². The number of nitro groups is 2. The van der Waals surface area contributed by atoms with Crippen LogP contribution in [0.15, 0.2) is 36.4 Å². The summed E-state index contributed by atoms with van der Waals surface area (Å²) in [5.41, 5.74) is -0.105. The molecule has 0 aromatic heterocycles. The van der Waals surface area contributed by atoms with Gasteiger partial charge in [-0.25, -0.2) is 0 Å². The quantitative estimate of drug-likeness (QED) is 0.509. The Labute approximate surface area is 179 Å². The molecule has 11 nitrogen and oxygen atoms in total. The van der Waals surface area contributed by atoms with Gasteiger partial charge in [-0.15, -0.1) is 0 Å². The van der Waals surface area contributed by atoms with E-state index in [4.69, 9.17) is 14.6 Å². The van der Waals surface area contributed by atoms with Crippen molar-refractivity contribution in [1.29, 1.82) is 0 Å². The minimum atomic E-state index is -0.554. The molecule has 31 heavy (non-hydrogen) atoms. The number of benzene rings is 2. The van der Waals surface area contributed by atoms with Gasteiger partial charge in [-0.3, -0.25) is 25.1 Å². The molecule has 11 heteroatoms. The van der Waals surface area contributed by atoms with Gasteiger partial charge in [-0.05, 0) is 25.0 Å². The van der Waals surface area contributed by atoms with E-state index in [1.807, 2.05) is 0 Å². The first-order valence-corrected chi connectivity index (χ1v) is 9.54. The maximum atomic E-state index is 10.7. The number of phenolic OH excluding ortho intramolecular Hbond substituents is 1. The normalized spacial score (nSPS) is 13.5. The lowest BCUT2D eigenvalue weighted by Gasteiger charge is -2.26. The molecular weight excluding hydrogens is 410 g/mol. The van der Waals surface area contributed by atoms with Crippen molar-refractivity contribution in [1.82, 2.24) is 4.90 Å². The van der Waals surface area contributed by atoms with E-state index in [2.05, 4.69) is 9.64 Å². The zero-order valence-corrected chi connectivity index (χ0v) is 17.4. The molecule has 0 unspecified atom stereocenters. The number of nitro benzene ring substituents is 2. The second-order valence-corrected chi connectivity index (χ2v) is 6.66. The Morgan fingerprint density at radius 3 is 1.97 bits per heavy atom. The van der Waals surface area contributed by atoms with Crippen LogP contribution in [-0.4, -0.2) is 53.9 Å². The Hall–Kier alpha value is -3.60. The molecule has 0 saturated carbocycles. The molecule has 0 aliphatic carbocycles.